The highest BCUT2D eigenvalue weighted by atomic mass is 15.2. The Morgan fingerprint density at radius 1 is 1.30 bits per heavy atom. The van der Waals surface area contributed by atoms with Crippen molar-refractivity contribution >= 4 is 5.69 Å². The summed E-state index contributed by atoms with van der Waals surface area (Å²) in [5.41, 5.74) is 5.11. The molecule has 1 N–H and O–H groups in total. The van der Waals surface area contributed by atoms with Crippen LogP contribution in [0.15, 0.2) is 42.9 Å². The van der Waals surface area contributed by atoms with Gasteiger partial charge >= 0.3 is 0 Å². The third-order valence-electron chi connectivity index (χ3n) is 3.84. The van der Waals surface area contributed by atoms with Gasteiger partial charge in [-0.1, -0.05) is 12.1 Å². The van der Waals surface area contributed by atoms with Crippen LogP contribution >= 0.6 is 0 Å². The van der Waals surface area contributed by atoms with Crippen LogP contribution in [0.2, 0.25) is 0 Å². The molecular formula is C16H20N4. The summed E-state index contributed by atoms with van der Waals surface area (Å²) in [7, 11) is 6.03. The van der Waals surface area contributed by atoms with Gasteiger partial charge in [-0.15, -0.1) is 0 Å². The molecule has 0 radical (unpaired) electrons. The molecule has 0 aliphatic carbocycles. The van der Waals surface area contributed by atoms with Gasteiger partial charge in [-0.3, -0.25) is 4.68 Å². The van der Waals surface area contributed by atoms with E-state index in [0.29, 0.717) is 5.92 Å². The number of hydrogen-bond acceptors (Lipinski definition) is 3. The number of nitrogens with zero attached hydrogens (tertiary/aromatic N) is 3. The summed E-state index contributed by atoms with van der Waals surface area (Å²) in [6, 6.07) is 6.68. The summed E-state index contributed by atoms with van der Waals surface area (Å²) in [4.78, 5) is 2.31. The van der Waals surface area contributed by atoms with Crippen molar-refractivity contribution < 1.29 is 0 Å². The fraction of sp³-hybridized carbons (Fsp3) is 0.312. The molecule has 0 bridgehead atoms. The van der Waals surface area contributed by atoms with Crippen LogP contribution < -0.4 is 10.2 Å². The largest absolute Gasteiger partial charge is 0.394 e. The molecule has 20 heavy (non-hydrogen) atoms. The first kappa shape index (κ1) is 12.8. The minimum absolute atomic E-state index is 0.444. The van der Waals surface area contributed by atoms with Crippen LogP contribution in [0.3, 0.4) is 0 Å². The topological polar surface area (TPSA) is 33.1 Å². The first-order valence-electron chi connectivity index (χ1n) is 6.87. The molecule has 3 rings (SSSR count). The fourth-order valence-electron chi connectivity index (χ4n) is 2.82. The van der Waals surface area contributed by atoms with Crippen molar-refractivity contribution in [3.8, 4) is 11.1 Å². The fourth-order valence-corrected chi connectivity index (χ4v) is 2.82. The Morgan fingerprint density at radius 3 is 2.85 bits per heavy atom. The van der Waals surface area contributed by atoms with Crippen LogP contribution in [0.25, 0.3) is 11.1 Å². The van der Waals surface area contributed by atoms with Crippen molar-refractivity contribution in [1.82, 2.24) is 15.1 Å². The number of aryl methyl sites for hydroxylation is 1. The van der Waals surface area contributed by atoms with Crippen molar-refractivity contribution in [2.24, 2.45) is 7.05 Å². The second-order valence-corrected chi connectivity index (χ2v) is 5.31. The smallest absolute Gasteiger partial charge is 0.0568 e. The van der Waals surface area contributed by atoms with Crippen molar-refractivity contribution in [3.05, 3.63) is 48.4 Å². The van der Waals surface area contributed by atoms with Crippen LogP contribution in [0.1, 0.15) is 11.5 Å². The van der Waals surface area contributed by atoms with Gasteiger partial charge in [-0.2, -0.15) is 5.10 Å². The average Bonchev–Trinajstić information content (AvgIpc) is 3.01. The first-order valence-corrected chi connectivity index (χ1v) is 6.87. The van der Waals surface area contributed by atoms with Crippen molar-refractivity contribution in [3.63, 3.8) is 0 Å². The number of nitrogens with one attached hydrogen (secondary N) is 1. The molecule has 1 aromatic carbocycles. The molecule has 0 spiro atoms. The van der Waals surface area contributed by atoms with Gasteiger partial charge in [0.05, 0.1) is 6.20 Å². The molecule has 4 heteroatoms. The lowest BCUT2D eigenvalue weighted by atomic mass is 9.97. The Kier molecular flexibility index (Phi) is 3.22. The lowest BCUT2D eigenvalue weighted by Gasteiger charge is -2.11. The molecule has 1 unspecified atom stereocenters. The van der Waals surface area contributed by atoms with Gasteiger partial charge in [0.2, 0.25) is 0 Å². The van der Waals surface area contributed by atoms with Crippen LogP contribution in [0, 0.1) is 0 Å². The Hall–Kier alpha value is -2.23. The maximum atomic E-state index is 4.25. The van der Waals surface area contributed by atoms with Crippen molar-refractivity contribution in [2.75, 3.05) is 25.5 Å². The maximum absolute atomic E-state index is 4.25. The lowest BCUT2D eigenvalue weighted by Crippen LogP contribution is -2.14. The predicted octanol–water partition coefficient (Wildman–Crippen LogP) is 2.35. The molecule has 1 aliphatic rings. The van der Waals surface area contributed by atoms with Crippen molar-refractivity contribution in [1.29, 1.82) is 0 Å². The number of hydrogen-bond donors (Lipinski definition) is 1. The highest BCUT2D eigenvalue weighted by molar-refractivity contribution is 5.71. The summed E-state index contributed by atoms with van der Waals surface area (Å²) in [5.74, 6) is 0.444. The second-order valence-electron chi connectivity index (χ2n) is 5.31. The molecule has 2 aromatic rings. The van der Waals surface area contributed by atoms with E-state index in [9.17, 15) is 0 Å². The van der Waals surface area contributed by atoms with E-state index in [1.807, 2.05) is 31.2 Å². The summed E-state index contributed by atoms with van der Waals surface area (Å²) < 4.78 is 1.84. The van der Waals surface area contributed by atoms with Crippen LogP contribution in [-0.2, 0) is 7.05 Å². The third kappa shape index (κ3) is 2.18. The minimum Gasteiger partial charge on any atom is -0.394 e. The van der Waals surface area contributed by atoms with Gasteiger partial charge in [0, 0.05) is 51.1 Å². The van der Waals surface area contributed by atoms with Crippen LogP contribution in [0.4, 0.5) is 5.69 Å². The zero-order chi connectivity index (χ0) is 14.1. The van der Waals surface area contributed by atoms with E-state index in [4.69, 9.17) is 0 Å². The number of benzene rings is 1. The molecule has 4 nitrogen and oxygen atoms in total. The summed E-state index contributed by atoms with van der Waals surface area (Å²) in [6.07, 6.45) is 8.22. The summed E-state index contributed by atoms with van der Waals surface area (Å²) >= 11 is 0. The molecule has 0 fully saturated rings. The molecule has 1 aliphatic heterocycles. The van der Waals surface area contributed by atoms with Crippen LogP contribution in [-0.4, -0.2) is 30.4 Å². The average molecular weight is 268 g/mol. The Balaban J connectivity index is 2.00. The Bertz CT molecular complexity index is 642. The summed E-state index contributed by atoms with van der Waals surface area (Å²) in [6.45, 7) is 1.03. The number of rotatable bonds is 3. The molecule has 1 atom stereocenters. The van der Waals surface area contributed by atoms with Gasteiger partial charge in [0.1, 0.15) is 0 Å². The van der Waals surface area contributed by atoms with E-state index >= 15 is 0 Å². The van der Waals surface area contributed by atoms with Crippen LogP contribution in [0.5, 0.6) is 0 Å². The molecule has 2 heterocycles. The normalized spacial score (nSPS) is 17.8. The van der Waals surface area contributed by atoms with E-state index < -0.39 is 0 Å². The molecule has 0 saturated carbocycles. The second kappa shape index (κ2) is 5.04. The number of fused-ring (bicyclic) bond motifs is 1. The number of likely N-dealkylation sites (N-methyl/N-ethyl adjacent to an activating group) is 1. The summed E-state index contributed by atoms with van der Waals surface area (Å²) in [5, 5.41) is 7.33. The molecule has 104 valence electrons. The molecular weight excluding hydrogens is 248 g/mol. The van der Waals surface area contributed by atoms with E-state index in [-0.39, 0.29) is 0 Å². The van der Waals surface area contributed by atoms with Gasteiger partial charge < -0.3 is 10.2 Å². The quantitative estimate of drug-likeness (QED) is 0.927. The zero-order valence-electron chi connectivity index (χ0n) is 12.2. The van der Waals surface area contributed by atoms with E-state index in [1.54, 1.807) is 0 Å². The predicted molar refractivity (Wildman–Crippen MR) is 82.9 cm³/mol. The Morgan fingerprint density at radius 2 is 2.15 bits per heavy atom. The third-order valence-corrected chi connectivity index (χ3v) is 3.84. The maximum Gasteiger partial charge on any atom is 0.0568 e. The van der Waals surface area contributed by atoms with E-state index in [1.165, 1.54) is 22.4 Å². The minimum atomic E-state index is 0.444. The van der Waals surface area contributed by atoms with Gasteiger partial charge in [0.15, 0.2) is 0 Å². The van der Waals surface area contributed by atoms with E-state index in [0.717, 1.165) is 6.54 Å². The zero-order valence-corrected chi connectivity index (χ0v) is 12.2. The first-order chi connectivity index (χ1) is 9.69. The lowest BCUT2D eigenvalue weighted by molar-refractivity contribution is 0.768. The van der Waals surface area contributed by atoms with Gasteiger partial charge in [-0.25, -0.2) is 0 Å². The monoisotopic (exact) mass is 268 g/mol. The SMILES string of the molecule is CN/C=C/C1CN(C)c2ccc(-c3cnn(C)c3)cc21. The standard InChI is InChI=1S/C16H20N4/c1-17-7-6-13-10-19(2)16-5-4-12(8-15(13)16)14-9-18-20(3)11-14/h4-9,11,13,17H,10H2,1-3H3/b7-6+. The number of anilines is 1. The number of aromatic nitrogens is 2. The Labute approximate surface area is 119 Å². The molecule has 0 amide bonds. The van der Waals surface area contributed by atoms with Gasteiger partial charge in [-0.05, 0) is 29.5 Å². The molecule has 1 aromatic heterocycles. The van der Waals surface area contributed by atoms with Gasteiger partial charge in [0.25, 0.3) is 0 Å². The molecule has 0 saturated heterocycles. The highest BCUT2D eigenvalue weighted by Gasteiger charge is 2.24. The highest BCUT2D eigenvalue weighted by Crippen LogP contribution is 2.38. The van der Waals surface area contributed by atoms with Crippen molar-refractivity contribution in [2.45, 2.75) is 5.92 Å². The van der Waals surface area contributed by atoms with E-state index in [2.05, 4.69) is 52.8 Å².